The van der Waals surface area contributed by atoms with Crippen molar-refractivity contribution in [3.05, 3.63) is 42.6 Å². The second-order valence-corrected chi connectivity index (χ2v) is 5.19. The average molecular weight is 273 g/mol. The average Bonchev–Trinajstić information content (AvgIpc) is 3.19. The van der Waals surface area contributed by atoms with E-state index in [1.807, 2.05) is 34.0 Å². The van der Waals surface area contributed by atoms with Crippen molar-refractivity contribution in [3.63, 3.8) is 0 Å². The van der Waals surface area contributed by atoms with Crippen molar-refractivity contribution < 1.29 is 9.21 Å². The van der Waals surface area contributed by atoms with Gasteiger partial charge in [0.05, 0.1) is 18.8 Å². The van der Waals surface area contributed by atoms with Crippen LogP contribution in [0.2, 0.25) is 0 Å². The predicted octanol–water partition coefficient (Wildman–Crippen LogP) is 2.10. The SMILES string of the molecule is O=C(CCc1ccco1)N1CCC[C@@H]1Cn1cccn1. The van der Waals surface area contributed by atoms with Crippen molar-refractivity contribution in [3.8, 4) is 0 Å². The Morgan fingerprint density at radius 2 is 2.40 bits per heavy atom. The minimum atomic E-state index is 0.219. The molecule has 2 aromatic heterocycles. The van der Waals surface area contributed by atoms with Crippen LogP contribution in [0.4, 0.5) is 0 Å². The highest BCUT2D eigenvalue weighted by molar-refractivity contribution is 5.77. The topological polar surface area (TPSA) is 51.3 Å². The summed E-state index contributed by atoms with van der Waals surface area (Å²) in [5.74, 6) is 1.09. The van der Waals surface area contributed by atoms with E-state index in [1.54, 1.807) is 12.5 Å². The summed E-state index contributed by atoms with van der Waals surface area (Å²) >= 11 is 0. The third kappa shape index (κ3) is 2.92. The molecule has 106 valence electrons. The highest BCUT2D eigenvalue weighted by Gasteiger charge is 2.28. The minimum absolute atomic E-state index is 0.219. The first-order valence-corrected chi connectivity index (χ1v) is 7.12. The van der Waals surface area contributed by atoms with Crippen LogP contribution in [0.3, 0.4) is 0 Å². The van der Waals surface area contributed by atoms with Gasteiger partial charge in [0.25, 0.3) is 0 Å². The van der Waals surface area contributed by atoms with Crippen molar-refractivity contribution in [2.75, 3.05) is 6.54 Å². The second kappa shape index (κ2) is 5.94. The Labute approximate surface area is 118 Å². The van der Waals surface area contributed by atoms with Gasteiger partial charge in [-0.3, -0.25) is 9.48 Å². The number of aromatic nitrogens is 2. The van der Waals surface area contributed by atoms with E-state index < -0.39 is 0 Å². The Balaban J connectivity index is 1.55. The number of carbonyl (C=O) groups excluding carboxylic acids is 1. The largest absolute Gasteiger partial charge is 0.469 e. The number of aryl methyl sites for hydroxylation is 1. The molecule has 1 amide bonds. The first kappa shape index (κ1) is 13.0. The van der Waals surface area contributed by atoms with E-state index in [0.29, 0.717) is 12.8 Å². The van der Waals surface area contributed by atoms with Gasteiger partial charge in [-0.25, -0.2) is 0 Å². The predicted molar refractivity (Wildman–Crippen MR) is 74.0 cm³/mol. The molecule has 0 spiro atoms. The third-order valence-corrected chi connectivity index (χ3v) is 3.82. The zero-order chi connectivity index (χ0) is 13.8. The molecule has 5 nitrogen and oxygen atoms in total. The summed E-state index contributed by atoms with van der Waals surface area (Å²) in [6.45, 7) is 1.66. The first-order chi connectivity index (χ1) is 9.83. The molecule has 1 fully saturated rings. The van der Waals surface area contributed by atoms with E-state index in [1.165, 1.54) is 0 Å². The maximum Gasteiger partial charge on any atom is 0.223 e. The summed E-state index contributed by atoms with van der Waals surface area (Å²) in [6.07, 6.45) is 8.71. The monoisotopic (exact) mass is 273 g/mol. The van der Waals surface area contributed by atoms with Gasteiger partial charge >= 0.3 is 0 Å². The molecule has 0 bridgehead atoms. The van der Waals surface area contributed by atoms with Gasteiger partial charge in [-0.1, -0.05) is 0 Å². The number of hydrogen-bond acceptors (Lipinski definition) is 3. The molecule has 1 saturated heterocycles. The van der Waals surface area contributed by atoms with Gasteiger partial charge in [0.2, 0.25) is 5.91 Å². The second-order valence-electron chi connectivity index (χ2n) is 5.19. The Morgan fingerprint density at radius 3 is 3.15 bits per heavy atom. The molecule has 3 heterocycles. The number of hydrogen-bond donors (Lipinski definition) is 0. The van der Waals surface area contributed by atoms with Crippen LogP contribution in [0.1, 0.15) is 25.0 Å². The smallest absolute Gasteiger partial charge is 0.223 e. The Morgan fingerprint density at radius 1 is 1.45 bits per heavy atom. The summed E-state index contributed by atoms with van der Waals surface area (Å²) in [7, 11) is 0. The lowest BCUT2D eigenvalue weighted by Gasteiger charge is -2.24. The lowest BCUT2D eigenvalue weighted by Crippen LogP contribution is -2.38. The van der Waals surface area contributed by atoms with Gasteiger partial charge < -0.3 is 9.32 Å². The van der Waals surface area contributed by atoms with Gasteiger partial charge in [0.1, 0.15) is 5.76 Å². The molecular weight excluding hydrogens is 254 g/mol. The van der Waals surface area contributed by atoms with E-state index in [0.717, 1.165) is 31.7 Å². The highest BCUT2D eigenvalue weighted by Crippen LogP contribution is 2.20. The number of nitrogens with zero attached hydrogens (tertiary/aromatic N) is 3. The molecule has 0 N–H and O–H groups in total. The lowest BCUT2D eigenvalue weighted by molar-refractivity contribution is -0.132. The standard InChI is InChI=1S/C15H19N3O2/c19-15(7-6-14-5-2-11-20-14)18-10-1-4-13(18)12-17-9-3-8-16-17/h2-3,5,8-9,11,13H,1,4,6-7,10,12H2/t13-/m1/s1. The third-order valence-electron chi connectivity index (χ3n) is 3.82. The van der Waals surface area contributed by atoms with E-state index >= 15 is 0 Å². The summed E-state index contributed by atoms with van der Waals surface area (Å²) < 4.78 is 7.18. The number of likely N-dealkylation sites (tertiary alicyclic amines) is 1. The van der Waals surface area contributed by atoms with Gasteiger partial charge in [0.15, 0.2) is 0 Å². The first-order valence-electron chi connectivity index (χ1n) is 7.12. The maximum atomic E-state index is 12.3. The Hall–Kier alpha value is -2.04. The van der Waals surface area contributed by atoms with Crippen LogP contribution in [-0.4, -0.2) is 33.2 Å². The van der Waals surface area contributed by atoms with Gasteiger partial charge in [0, 0.05) is 31.8 Å². The number of amides is 1. The molecule has 0 aliphatic carbocycles. The molecule has 0 saturated carbocycles. The molecule has 0 radical (unpaired) electrons. The molecule has 20 heavy (non-hydrogen) atoms. The summed E-state index contributed by atoms with van der Waals surface area (Å²) in [6, 6.07) is 5.96. The van der Waals surface area contributed by atoms with Crippen LogP contribution in [0.15, 0.2) is 41.3 Å². The molecule has 0 unspecified atom stereocenters. The summed E-state index contributed by atoms with van der Waals surface area (Å²) in [5, 5.41) is 4.22. The minimum Gasteiger partial charge on any atom is -0.469 e. The van der Waals surface area contributed by atoms with Gasteiger partial charge in [-0.2, -0.15) is 5.10 Å². The van der Waals surface area contributed by atoms with Crippen LogP contribution in [0.25, 0.3) is 0 Å². The zero-order valence-electron chi connectivity index (χ0n) is 11.4. The molecule has 1 atom stereocenters. The maximum absolute atomic E-state index is 12.3. The summed E-state index contributed by atoms with van der Waals surface area (Å²) in [4.78, 5) is 14.3. The van der Waals surface area contributed by atoms with Crippen LogP contribution >= 0.6 is 0 Å². The number of carbonyl (C=O) groups is 1. The van der Waals surface area contributed by atoms with Crippen LogP contribution in [-0.2, 0) is 17.8 Å². The molecule has 3 rings (SSSR count). The van der Waals surface area contributed by atoms with Gasteiger partial charge in [-0.15, -0.1) is 0 Å². The van der Waals surface area contributed by atoms with Crippen molar-refractivity contribution in [2.24, 2.45) is 0 Å². The van der Waals surface area contributed by atoms with Crippen molar-refractivity contribution in [2.45, 2.75) is 38.3 Å². The van der Waals surface area contributed by atoms with E-state index in [4.69, 9.17) is 4.42 Å². The van der Waals surface area contributed by atoms with E-state index in [2.05, 4.69) is 5.10 Å². The fourth-order valence-electron chi connectivity index (χ4n) is 2.81. The zero-order valence-corrected chi connectivity index (χ0v) is 11.4. The van der Waals surface area contributed by atoms with Crippen LogP contribution in [0.5, 0.6) is 0 Å². The van der Waals surface area contributed by atoms with Crippen LogP contribution < -0.4 is 0 Å². The number of rotatable bonds is 5. The quantitative estimate of drug-likeness (QED) is 0.838. The van der Waals surface area contributed by atoms with Crippen molar-refractivity contribution in [1.29, 1.82) is 0 Å². The normalized spacial score (nSPS) is 18.6. The molecule has 0 aromatic carbocycles. The Bertz CT molecular complexity index is 533. The fourth-order valence-corrected chi connectivity index (χ4v) is 2.81. The molecule has 2 aromatic rings. The van der Waals surface area contributed by atoms with E-state index in [-0.39, 0.29) is 11.9 Å². The molecular formula is C15H19N3O2. The Kier molecular flexibility index (Phi) is 3.85. The number of furan rings is 1. The van der Waals surface area contributed by atoms with Crippen molar-refractivity contribution in [1.82, 2.24) is 14.7 Å². The molecule has 1 aliphatic heterocycles. The molecule has 1 aliphatic rings. The van der Waals surface area contributed by atoms with E-state index in [9.17, 15) is 4.79 Å². The lowest BCUT2D eigenvalue weighted by atomic mass is 10.2. The van der Waals surface area contributed by atoms with Crippen molar-refractivity contribution >= 4 is 5.91 Å². The highest BCUT2D eigenvalue weighted by atomic mass is 16.3. The van der Waals surface area contributed by atoms with Gasteiger partial charge in [-0.05, 0) is 31.0 Å². The van der Waals surface area contributed by atoms with Crippen LogP contribution in [0, 0.1) is 0 Å². The molecule has 5 heteroatoms. The fraction of sp³-hybridized carbons (Fsp3) is 0.467. The summed E-state index contributed by atoms with van der Waals surface area (Å²) in [5.41, 5.74) is 0.